The van der Waals surface area contributed by atoms with E-state index in [1.807, 2.05) is 6.55 Å². The minimum absolute atomic E-state index is 0.0452. The van der Waals surface area contributed by atoms with Crippen molar-refractivity contribution in [2.45, 2.75) is 37.4 Å². The molecular weight excluding hydrogens is 683 g/mol. The highest BCUT2D eigenvalue weighted by Crippen LogP contribution is 2.41. The lowest BCUT2D eigenvalue weighted by molar-refractivity contribution is -0.143. The molecule has 7 nitrogen and oxygen atoms in total. The number of carbonyl (C=O) groups is 3. The fourth-order valence-electron chi connectivity index (χ4n) is 4.37. The number of carbonyl (C=O) groups excluding carboxylic acids is 2. The Labute approximate surface area is 267 Å². The summed E-state index contributed by atoms with van der Waals surface area (Å²) in [6, 6.07) is 5.73. The zero-order valence-corrected chi connectivity index (χ0v) is 26.8. The molecule has 1 aliphatic heterocycles. The number of hydrogen-bond acceptors (Lipinski definition) is 7. The van der Waals surface area contributed by atoms with Gasteiger partial charge in [-0.1, -0.05) is 36.6 Å². The molecule has 238 valence electrons. The normalized spacial score (nSPS) is 15.8. The van der Waals surface area contributed by atoms with Crippen LogP contribution in [0.1, 0.15) is 32.8 Å². The van der Waals surface area contributed by atoms with Crippen LogP contribution >= 0.6 is 35.3 Å². The van der Waals surface area contributed by atoms with Crippen LogP contribution in [0.5, 0.6) is 5.75 Å². The van der Waals surface area contributed by atoms with Gasteiger partial charge in [0.15, 0.2) is 0 Å². The van der Waals surface area contributed by atoms with E-state index in [-0.39, 0.29) is 44.1 Å². The summed E-state index contributed by atoms with van der Waals surface area (Å²) in [4.78, 5) is 39.6. The molecule has 4 rings (SSSR count). The molecular formula is C28H22F6N2O5S3Si. The third-order valence-corrected chi connectivity index (χ3v) is 9.90. The van der Waals surface area contributed by atoms with Crippen molar-refractivity contribution in [2.75, 3.05) is 5.32 Å². The number of hydrogen-bond donors (Lipinski definition) is 3. The summed E-state index contributed by atoms with van der Waals surface area (Å²) in [5.74, 6) is -3.16. The van der Waals surface area contributed by atoms with E-state index >= 15 is 0 Å². The van der Waals surface area contributed by atoms with Gasteiger partial charge in [-0.25, -0.2) is 4.79 Å². The van der Waals surface area contributed by atoms with Gasteiger partial charge in [0.25, 0.3) is 5.91 Å². The number of thioether (sulfide) groups is 1. The van der Waals surface area contributed by atoms with Gasteiger partial charge in [0.2, 0.25) is 5.91 Å². The van der Waals surface area contributed by atoms with Gasteiger partial charge in [-0.15, -0.1) is 11.3 Å². The molecule has 0 radical (unpaired) electrons. The number of carboxylic acids is 1. The monoisotopic (exact) mass is 704 g/mol. The number of phenols is 1. The van der Waals surface area contributed by atoms with Gasteiger partial charge in [0.05, 0.1) is 16.0 Å². The molecule has 0 spiro atoms. The molecule has 3 aromatic rings. The third kappa shape index (κ3) is 7.95. The number of nitrogens with zero attached hydrogens (tertiary/aromatic N) is 1. The minimum atomic E-state index is -5.01. The first-order chi connectivity index (χ1) is 21.0. The van der Waals surface area contributed by atoms with Crippen molar-refractivity contribution in [3.05, 3.63) is 74.3 Å². The number of anilines is 1. The number of carboxylic acid groups (broad SMARTS) is 1. The van der Waals surface area contributed by atoms with E-state index in [1.165, 1.54) is 23.6 Å². The van der Waals surface area contributed by atoms with Crippen molar-refractivity contribution < 1.29 is 50.9 Å². The number of alkyl halides is 6. The Hall–Kier alpha value is -3.67. The molecule has 1 aliphatic rings. The van der Waals surface area contributed by atoms with Crippen molar-refractivity contribution in [1.29, 1.82) is 0 Å². The Kier molecular flexibility index (Phi) is 10.2. The zero-order chi connectivity index (χ0) is 33.3. The Morgan fingerprint density at radius 1 is 1.04 bits per heavy atom. The van der Waals surface area contributed by atoms with Crippen molar-refractivity contribution in [3.63, 3.8) is 0 Å². The van der Waals surface area contributed by atoms with Gasteiger partial charge in [-0.3, -0.25) is 14.5 Å². The SMILES string of the molecule is C[SiH2]CC[C@@H](C(=O)Nc1ccc(C(=O)O)c(O)c1)N1C(=O)C(=Cc2cc(-c3cc(C(F)(F)F)cc(C(F)(F)F)c3)cs2)SC1=S. The number of nitrogens with one attached hydrogen (secondary N) is 1. The van der Waals surface area contributed by atoms with Crippen molar-refractivity contribution >= 4 is 78.7 Å². The Balaban J connectivity index is 1.60. The lowest BCUT2D eigenvalue weighted by Gasteiger charge is -2.26. The molecule has 2 heterocycles. The summed E-state index contributed by atoms with van der Waals surface area (Å²) in [5, 5.41) is 23.0. The van der Waals surface area contributed by atoms with Crippen LogP contribution in [0.15, 0.2) is 52.7 Å². The second kappa shape index (κ2) is 13.4. The molecule has 0 aliphatic carbocycles. The number of aromatic carboxylic acids is 1. The quantitative estimate of drug-likeness (QED) is 0.0946. The highest BCUT2D eigenvalue weighted by Gasteiger charge is 2.40. The molecule has 3 N–H and O–H groups in total. The van der Waals surface area contributed by atoms with Crippen LogP contribution in [-0.4, -0.2) is 52.8 Å². The van der Waals surface area contributed by atoms with Gasteiger partial charge >= 0.3 is 18.3 Å². The highest BCUT2D eigenvalue weighted by molar-refractivity contribution is 8.26. The molecule has 1 aromatic heterocycles. The predicted molar refractivity (Wildman–Crippen MR) is 166 cm³/mol. The van der Waals surface area contributed by atoms with Gasteiger partial charge in [-0.05, 0) is 65.4 Å². The van der Waals surface area contributed by atoms with Crippen LogP contribution < -0.4 is 5.32 Å². The minimum Gasteiger partial charge on any atom is -0.507 e. The third-order valence-electron chi connectivity index (χ3n) is 6.58. The number of rotatable bonds is 9. The standard InChI is InChI=1S/C28H22F6N2O5S3Si/c1-45-5-4-20(23(38)35-17-2-3-19(25(40)41)21(37)10-17)36-24(39)22(44-26(36)42)11-18-8-14(12-43-18)13-6-15(27(29,30)31)9-16(7-13)28(32,33)34/h2-3,6-12,20,37H,4-5,45H2,1H3,(H,35,38)(H,40,41)/t20-/m0/s1. The summed E-state index contributed by atoms with van der Waals surface area (Å²) in [6.07, 6.45) is -8.34. The molecule has 1 atom stereocenters. The highest BCUT2D eigenvalue weighted by atomic mass is 32.2. The number of benzene rings is 2. The predicted octanol–water partition coefficient (Wildman–Crippen LogP) is 7.09. The largest absolute Gasteiger partial charge is 0.507 e. The fourth-order valence-corrected chi connectivity index (χ4v) is 7.44. The smallest absolute Gasteiger partial charge is 0.416 e. The molecule has 17 heteroatoms. The van der Waals surface area contributed by atoms with Gasteiger partial charge in [-0.2, -0.15) is 26.3 Å². The molecule has 1 fully saturated rings. The van der Waals surface area contributed by atoms with Crippen LogP contribution in [0.25, 0.3) is 17.2 Å². The molecule has 0 saturated carbocycles. The number of halogens is 6. The van der Waals surface area contributed by atoms with Gasteiger partial charge in [0, 0.05) is 26.2 Å². The maximum absolute atomic E-state index is 13.5. The summed E-state index contributed by atoms with van der Waals surface area (Å²) in [7, 11) is -0.547. The molecule has 2 amide bonds. The van der Waals surface area contributed by atoms with Crippen LogP contribution in [0.2, 0.25) is 12.6 Å². The van der Waals surface area contributed by atoms with E-state index in [9.17, 15) is 45.8 Å². The lowest BCUT2D eigenvalue weighted by atomic mass is 10.0. The molecule has 0 bridgehead atoms. The van der Waals surface area contributed by atoms with E-state index in [0.717, 1.165) is 40.1 Å². The fraction of sp³-hybridized carbons (Fsp3) is 0.214. The molecule has 45 heavy (non-hydrogen) atoms. The molecule has 0 unspecified atom stereocenters. The summed E-state index contributed by atoms with van der Waals surface area (Å²) < 4.78 is 80.1. The maximum Gasteiger partial charge on any atom is 0.416 e. The Bertz CT molecular complexity index is 1670. The van der Waals surface area contributed by atoms with E-state index in [4.69, 9.17) is 17.3 Å². The van der Waals surface area contributed by atoms with Crippen LogP contribution in [-0.2, 0) is 21.9 Å². The van der Waals surface area contributed by atoms with Gasteiger partial charge in [0.1, 0.15) is 21.7 Å². The topological polar surface area (TPSA) is 107 Å². The summed E-state index contributed by atoms with van der Waals surface area (Å²) in [6.45, 7) is 2.01. The summed E-state index contributed by atoms with van der Waals surface area (Å²) in [5.41, 5.74) is -3.39. The zero-order valence-electron chi connectivity index (χ0n) is 23.0. The van der Waals surface area contributed by atoms with Crippen LogP contribution in [0.4, 0.5) is 32.0 Å². The average molecular weight is 705 g/mol. The summed E-state index contributed by atoms with van der Waals surface area (Å²) >= 11 is 7.29. The van der Waals surface area contributed by atoms with Crippen molar-refractivity contribution in [3.8, 4) is 16.9 Å². The van der Waals surface area contributed by atoms with E-state index in [0.29, 0.717) is 23.1 Å². The second-order valence-corrected chi connectivity index (χ2v) is 14.1. The van der Waals surface area contributed by atoms with E-state index in [2.05, 4.69) is 5.32 Å². The van der Waals surface area contributed by atoms with Crippen molar-refractivity contribution in [1.82, 2.24) is 4.90 Å². The van der Waals surface area contributed by atoms with E-state index < -0.39 is 62.6 Å². The van der Waals surface area contributed by atoms with Crippen LogP contribution in [0.3, 0.4) is 0 Å². The first kappa shape index (κ1) is 34.2. The Morgan fingerprint density at radius 3 is 2.24 bits per heavy atom. The number of amides is 2. The lowest BCUT2D eigenvalue weighted by Crippen LogP contribution is -2.46. The van der Waals surface area contributed by atoms with Crippen LogP contribution in [0, 0.1) is 0 Å². The first-order valence-corrected chi connectivity index (χ1v) is 17.5. The van der Waals surface area contributed by atoms with E-state index in [1.54, 1.807) is 0 Å². The molecule has 2 aromatic carbocycles. The van der Waals surface area contributed by atoms with Crippen molar-refractivity contribution in [2.24, 2.45) is 0 Å². The number of thiocarbonyl (C=S) groups is 1. The van der Waals surface area contributed by atoms with Gasteiger partial charge < -0.3 is 15.5 Å². The first-order valence-electron chi connectivity index (χ1n) is 13.0. The average Bonchev–Trinajstić information content (AvgIpc) is 3.52. The maximum atomic E-state index is 13.5. The number of aromatic hydroxyl groups is 1. The Morgan fingerprint density at radius 2 is 1.69 bits per heavy atom. The number of thiophene rings is 1. The molecule has 1 saturated heterocycles. The second-order valence-electron chi connectivity index (χ2n) is 9.77.